The Balaban J connectivity index is 1.97. The summed E-state index contributed by atoms with van der Waals surface area (Å²) < 4.78 is 0. The van der Waals surface area contributed by atoms with Crippen LogP contribution >= 0.6 is 0 Å². The Bertz CT molecular complexity index is 319. The van der Waals surface area contributed by atoms with Crippen LogP contribution in [0.1, 0.15) is 26.2 Å². The molecule has 0 aliphatic carbocycles. The van der Waals surface area contributed by atoms with Crippen molar-refractivity contribution in [2.75, 3.05) is 19.6 Å². The zero-order valence-electron chi connectivity index (χ0n) is 10.2. The molecule has 1 amide bonds. The minimum absolute atomic E-state index is 0.0301. The highest BCUT2D eigenvalue weighted by Gasteiger charge is 2.35. The molecule has 96 valence electrons. The van der Waals surface area contributed by atoms with Gasteiger partial charge < -0.3 is 15.3 Å². The minimum atomic E-state index is -0.778. The second kappa shape index (κ2) is 5.04. The number of carbonyl (C=O) groups excluding carboxylic acids is 1. The number of rotatable bonds is 2. The number of aliphatic carboxylic acids is 1. The van der Waals surface area contributed by atoms with Gasteiger partial charge in [0, 0.05) is 19.1 Å². The fourth-order valence-corrected chi connectivity index (χ4v) is 2.81. The third-order valence-electron chi connectivity index (χ3n) is 3.92. The highest BCUT2D eigenvalue weighted by molar-refractivity contribution is 5.81. The highest BCUT2D eigenvalue weighted by Crippen LogP contribution is 2.23. The summed E-state index contributed by atoms with van der Waals surface area (Å²) in [7, 11) is 0. The van der Waals surface area contributed by atoms with Gasteiger partial charge in [0.15, 0.2) is 0 Å². The van der Waals surface area contributed by atoms with Gasteiger partial charge in [-0.1, -0.05) is 0 Å². The number of carboxylic acid groups (broad SMARTS) is 1. The van der Waals surface area contributed by atoms with E-state index in [1.807, 2.05) is 6.92 Å². The summed E-state index contributed by atoms with van der Waals surface area (Å²) in [4.78, 5) is 25.0. The monoisotopic (exact) mass is 240 g/mol. The Morgan fingerprint density at radius 3 is 2.71 bits per heavy atom. The van der Waals surface area contributed by atoms with Gasteiger partial charge in [-0.3, -0.25) is 9.59 Å². The first-order chi connectivity index (χ1) is 8.09. The van der Waals surface area contributed by atoms with Gasteiger partial charge in [0.1, 0.15) is 0 Å². The van der Waals surface area contributed by atoms with Gasteiger partial charge in [0.25, 0.3) is 0 Å². The topological polar surface area (TPSA) is 69.6 Å². The number of carboxylic acids is 1. The lowest BCUT2D eigenvalue weighted by Crippen LogP contribution is -2.46. The third-order valence-corrected chi connectivity index (χ3v) is 3.92. The molecule has 2 N–H and O–H groups in total. The van der Waals surface area contributed by atoms with E-state index in [2.05, 4.69) is 5.32 Å². The number of likely N-dealkylation sites (tertiary alicyclic amines) is 1. The molecule has 0 spiro atoms. The average Bonchev–Trinajstić information content (AvgIpc) is 2.74. The van der Waals surface area contributed by atoms with Crippen LogP contribution in [-0.2, 0) is 9.59 Å². The average molecular weight is 240 g/mol. The standard InChI is InChI=1S/C12H20N2O3/c1-8-10(4-5-13-8)11(15)14-6-2-3-9(7-14)12(16)17/h8-10,13H,2-7H2,1H3,(H,16,17)/t8?,9-,10?/m0/s1. The number of nitrogens with zero attached hydrogens (tertiary/aromatic N) is 1. The predicted molar refractivity (Wildman–Crippen MR) is 62.5 cm³/mol. The molecule has 2 saturated heterocycles. The van der Waals surface area contributed by atoms with Crippen LogP contribution in [0.2, 0.25) is 0 Å². The van der Waals surface area contributed by atoms with Crippen molar-refractivity contribution in [1.29, 1.82) is 0 Å². The Morgan fingerprint density at radius 1 is 1.35 bits per heavy atom. The summed E-state index contributed by atoms with van der Waals surface area (Å²) in [5, 5.41) is 12.3. The van der Waals surface area contributed by atoms with Gasteiger partial charge in [0.05, 0.1) is 11.8 Å². The van der Waals surface area contributed by atoms with Gasteiger partial charge in [-0.15, -0.1) is 0 Å². The molecule has 17 heavy (non-hydrogen) atoms. The van der Waals surface area contributed by atoms with Gasteiger partial charge in [-0.25, -0.2) is 0 Å². The molecule has 2 rings (SSSR count). The van der Waals surface area contributed by atoms with Crippen molar-refractivity contribution in [1.82, 2.24) is 10.2 Å². The van der Waals surface area contributed by atoms with Crippen molar-refractivity contribution in [3.05, 3.63) is 0 Å². The van der Waals surface area contributed by atoms with E-state index in [0.29, 0.717) is 19.5 Å². The fraction of sp³-hybridized carbons (Fsp3) is 0.833. The molecule has 5 nitrogen and oxygen atoms in total. The normalized spacial score (nSPS) is 33.7. The molecule has 0 radical (unpaired) electrons. The number of nitrogens with one attached hydrogen (secondary N) is 1. The van der Waals surface area contributed by atoms with E-state index in [9.17, 15) is 9.59 Å². The quantitative estimate of drug-likeness (QED) is 0.728. The lowest BCUT2D eigenvalue weighted by Gasteiger charge is -2.33. The summed E-state index contributed by atoms with van der Waals surface area (Å²) in [6, 6.07) is 0.215. The van der Waals surface area contributed by atoms with E-state index in [-0.39, 0.29) is 23.8 Å². The summed E-state index contributed by atoms with van der Waals surface area (Å²) in [5.41, 5.74) is 0. The number of carbonyl (C=O) groups is 2. The van der Waals surface area contributed by atoms with Crippen LogP contribution in [0.3, 0.4) is 0 Å². The van der Waals surface area contributed by atoms with E-state index >= 15 is 0 Å². The molecule has 2 aliphatic heterocycles. The van der Waals surface area contributed by atoms with Crippen LogP contribution in [-0.4, -0.2) is 47.6 Å². The molecule has 0 aromatic rings. The minimum Gasteiger partial charge on any atom is -0.481 e. The summed E-state index contributed by atoms with van der Waals surface area (Å²) in [5.74, 6) is -0.992. The number of piperidine rings is 1. The van der Waals surface area contributed by atoms with Crippen LogP contribution in [0, 0.1) is 11.8 Å². The maximum atomic E-state index is 12.3. The van der Waals surface area contributed by atoms with Crippen LogP contribution in [0.4, 0.5) is 0 Å². The first-order valence-corrected chi connectivity index (χ1v) is 6.34. The van der Waals surface area contributed by atoms with E-state index in [4.69, 9.17) is 5.11 Å². The Hall–Kier alpha value is -1.10. The first-order valence-electron chi connectivity index (χ1n) is 6.34. The molecule has 5 heteroatoms. The van der Waals surface area contributed by atoms with Crippen molar-refractivity contribution in [3.63, 3.8) is 0 Å². The maximum Gasteiger partial charge on any atom is 0.308 e. The molecule has 0 aromatic carbocycles. The second-order valence-corrected chi connectivity index (χ2v) is 5.10. The van der Waals surface area contributed by atoms with E-state index < -0.39 is 5.97 Å². The highest BCUT2D eigenvalue weighted by atomic mass is 16.4. The van der Waals surface area contributed by atoms with Crippen LogP contribution in [0.5, 0.6) is 0 Å². The van der Waals surface area contributed by atoms with E-state index in [1.54, 1.807) is 4.90 Å². The van der Waals surface area contributed by atoms with Crippen molar-refractivity contribution in [3.8, 4) is 0 Å². The predicted octanol–water partition coefficient (Wildman–Crippen LogP) is 0.308. The van der Waals surface area contributed by atoms with Crippen molar-refractivity contribution in [2.45, 2.75) is 32.2 Å². The Morgan fingerprint density at radius 2 is 2.12 bits per heavy atom. The second-order valence-electron chi connectivity index (χ2n) is 5.10. The summed E-state index contributed by atoms with van der Waals surface area (Å²) >= 11 is 0. The Kier molecular flexibility index (Phi) is 3.66. The Labute approximate surface area is 101 Å². The molecule has 2 fully saturated rings. The van der Waals surface area contributed by atoms with Crippen LogP contribution in [0.15, 0.2) is 0 Å². The van der Waals surface area contributed by atoms with Gasteiger partial charge in [-0.05, 0) is 32.7 Å². The van der Waals surface area contributed by atoms with Gasteiger partial charge in [0.2, 0.25) is 5.91 Å². The third kappa shape index (κ3) is 2.60. The van der Waals surface area contributed by atoms with Crippen molar-refractivity contribution >= 4 is 11.9 Å². The molecule has 3 atom stereocenters. The van der Waals surface area contributed by atoms with Crippen LogP contribution < -0.4 is 5.32 Å². The molecule has 0 saturated carbocycles. The molecule has 2 aliphatic rings. The van der Waals surface area contributed by atoms with E-state index in [0.717, 1.165) is 19.4 Å². The molecule has 0 bridgehead atoms. The van der Waals surface area contributed by atoms with Gasteiger partial charge in [-0.2, -0.15) is 0 Å². The number of hydrogen-bond acceptors (Lipinski definition) is 3. The number of hydrogen-bond donors (Lipinski definition) is 2. The zero-order chi connectivity index (χ0) is 12.4. The first kappa shape index (κ1) is 12.4. The summed E-state index contributed by atoms with van der Waals surface area (Å²) in [6.07, 6.45) is 2.36. The molecular formula is C12H20N2O3. The SMILES string of the molecule is CC1NCCC1C(=O)N1CCC[C@H](C(=O)O)C1. The summed E-state index contributed by atoms with van der Waals surface area (Å²) in [6.45, 7) is 4.01. The molecule has 0 aromatic heterocycles. The van der Waals surface area contributed by atoms with Gasteiger partial charge >= 0.3 is 5.97 Å². The maximum absolute atomic E-state index is 12.3. The largest absolute Gasteiger partial charge is 0.481 e. The zero-order valence-corrected chi connectivity index (χ0v) is 10.2. The smallest absolute Gasteiger partial charge is 0.308 e. The lowest BCUT2D eigenvalue weighted by molar-refractivity contribution is -0.146. The van der Waals surface area contributed by atoms with Crippen molar-refractivity contribution in [2.24, 2.45) is 11.8 Å². The van der Waals surface area contributed by atoms with E-state index in [1.165, 1.54) is 0 Å². The molecule has 2 heterocycles. The molecule has 2 unspecified atom stereocenters. The molecular weight excluding hydrogens is 220 g/mol. The fourth-order valence-electron chi connectivity index (χ4n) is 2.81. The lowest BCUT2D eigenvalue weighted by atomic mass is 9.94. The van der Waals surface area contributed by atoms with Crippen LogP contribution in [0.25, 0.3) is 0 Å². The number of amides is 1. The van der Waals surface area contributed by atoms with Crippen molar-refractivity contribution < 1.29 is 14.7 Å².